The molecule has 0 radical (unpaired) electrons. The molecule has 1 fully saturated rings. The van der Waals surface area contributed by atoms with Crippen molar-refractivity contribution in [1.29, 1.82) is 0 Å². The molecule has 2 amide bonds. The van der Waals surface area contributed by atoms with Crippen LogP contribution >= 0.6 is 15.9 Å². The summed E-state index contributed by atoms with van der Waals surface area (Å²) in [6.45, 7) is 0. The van der Waals surface area contributed by atoms with E-state index in [4.69, 9.17) is 0 Å². The van der Waals surface area contributed by atoms with Crippen molar-refractivity contribution in [3.8, 4) is 0 Å². The summed E-state index contributed by atoms with van der Waals surface area (Å²) in [5.74, 6) is -0.794. The highest BCUT2D eigenvalue weighted by Crippen LogP contribution is 2.20. The molecule has 17 heavy (non-hydrogen) atoms. The number of amides is 2. The molecule has 0 aliphatic carbocycles. The monoisotopic (exact) mass is 300 g/mol. The summed E-state index contributed by atoms with van der Waals surface area (Å²) >= 11 is 3.03. The van der Waals surface area contributed by atoms with Crippen LogP contribution in [-0.2, 0) is 9.59 Å². The Bertz CT molecular complexity index is 479. The number of hydrogen-bond acceptors (Lipinski definition) is 2. The van der Waals surface area contributed by atoms with Crippen molar-refractivity contribution >= 4 is 33.4 Å². The van der Waals surface area contributed by atoms with Gasteiger partial charge in [0.15, 0.2) is 0 Å². The lowest BCUT2D eigenvalue weighted by Gasteiger charge is -2.11. The van der Waals surface area contributed by atoms with Crippen LogP contribution in [0, 0.1) is 5.82 Å². The molecule has 1 aliphatic heterocycles. The van der Waals surface area contributed by atoms with Crippen molar-refractivity contribution in [1.82, 2.24) is 5.32 Å². The Morgan fingerprint density at radius 2 is 2.29 bits per heavy atom. The summed E-state index contributed by atoms with van der Waals surface area (Å²) in [6, 6.07) is 3.71. The topological polar surface area (TPSA) is 58.2 Å². The van der Waals surface area contributed by atoms with Crippen molar-refractivity contribution in [3.05, 3.63) is 28.5 Å². The minimum Gasteiger partial charge on any atom is -0.344 e. The maximum Gasteiger partial charge on any atom is 0.246 e. The number of nitrogens with one attached hydrogen (secondary N) is 2. The molecule has 1 atom stereocenters. The van der Waals surface area contributed by atoms with E-state index >= 15 is 0 Å². The molecule has 90 valence electrons. The Balaban J connectivity index is 2.03. The molecule has 2 N–H and O–H groups in total. The minimum absolute atomic E-state index is 0.120. The molecule has 1 heterocycles. The van der Waals surface area contributed by atoms with Gasteiger partial charge < -0.3 is 10.6 Å². The first-order valence-corrected chi connectivity index (χ1v) is 5.91. The fourth-order valence-electron chi connectivity index (χ4n) is 1.61. The van der Waals surface area contributed by atoms with Crippen LogP contribution in [0.2, 0.25) is 0 Å². The van der Waals surface area contributed by atoms with Gasteiger partial charge in [0.25, 0.3) is 0 Å². The largest absolute Gasteiger partial charge is 0.344 e. The maximum absolute atomic E-state index is 13.0. The SMILES string of the molecule is O=C1CC[C@H](C(=O)Nc2ccc(F)c(Br)c2)N1. The Kier molecular flexibility index (Phi) is 3.42. The molecule has 0 aromatic heterocycles. The number of halogens is 2. The van der Waals surface area contributed by atoms with Crippen molar-refractivity contribution in [2.24, 2.45) is 0 Å². The van der Waals surface area contributed by atoms with E-state index in [1.54, 1.807) is 0 Å². The molecule has 0 bridgehead atoms. The van der Waals surface area contributed by atoms with E-state index in [-0.39, 0.29) is 16.3 Å². The van der Waals surface area contributed by atoms with E-state index in [1.165, 1.54) is 18.2 Å². The second kappa shape index (κ2) is 4.83. The van der Waals surface area contributed by atoms with Gasteiger partial charge in [0.2, 0.25) is 11.8 Å². The molecule has 0 spiro atoms. The standard InChI is InChI=1S/C11H10BrFN2O2/c12-7-5-6(1-2-8(7)13)14-11(17)9-3-4-10(16)15-9/h1-2,5,9H,3-4H2,(H,14,17)(H,15,16)/t9-/m1/s1. The highest BCUT2D eigenvalue weighted by atomic mass is 79.9. The number of anilines is 1. The number of hydrogen-bond donors (Lipinski definition) is 2. The predicted molar refractivity (Wildman–Crippen MR) is 63.9 cm³/mol. The van der Waals surface area contributed by atoms with E-state index in [9.17, 15) is 14.0 Å². The van der Waals surface area contributed by atoms with E-state index in [2.05, 4.69) is 26.6 Å². The Morgan fingerprint density at radius 3 is 2.88 bits per heavy atom. The van der Waals surface area contributed by atoms with Crippen LogP contribution in [0.1, 0.15) is 12.8 Å². The van der Waals surface area contributed by atoms with Gasteiger partial charge in [-0.25, -0.2) is 4.39 Å². The smallest absolute Gasteiger partial charge is 0.246 e. The molecule has 1 aromatic carbocycles. The fourth-order valence-corrected chi connectivity index (χ4v) is 1.99. The summed E-state index contributed by atoms with van der Waals surface area (Å²) in [5, 5.41) is 5.19. The molecular formula is C11H10BrFN2O2. The lowest BCUT2D eigenvalue weighted by molar-refractivity contribution is -0.122. The normalized spacial score (nSPS) is 18.9. The molecule has 2 rings (SSSR count). The van der Waals surface area contributed by atoms with Crippen molar-refractivity contribution in [3.63, 3.8) is 0 Å². The van der Waals surface area contributed by atoms with Gasteiger partial charge in [-0.2, -0.15) is 0 Å². The Labute approximate surface area is 106 Å². The summed E-state index contributed by atoms with van der Waals surface area (Å²) in [4.78, 5) is 22.7. The molecular weight excluding hydrogens is 291 g/mol. The van der Waals surface area contributed by atoms with Crippen LogP contribution in [0.3, 0.4) is 0 Å². The molecule has 1 aromatic rings. The molecule has 0 unspecified atom stereocenters. The number of carbonyl (C=O) groups excluding carboxylic acids is 2. The second-order valence-corrected chi connectivity index (χ2v) is 4.63. The summed E-state index contributed by atoms with van der Waals surface area (Å²) in [6.07, 6.45) is 0.859. The number of carbonyl (C=O) groups is 2. The summed E-state index contributed by atoms with van der Waals surface area (Å²) < 4.78 is 13.3. The zero-order valence-corrected chi connectivity index (χ0v) is 10.4. The first-order valence-electron chi connectivity index (χ1n) is 5.11. The number of rotatable bonds is 2. The minimum atomic E-state index is -0.494. The lowest BCUT2D eigenvalue weighted by Crippen LogP contribution is -2.37. The average molecular weight is 301 g/mol. The third-order valence-electron chi connectivity index (χ3n) is 2.50. The van der Waals surface area contributed by atoms with Gasteiger partial charge in [-0.15, -0.1) is 0 Å². The van der Waals surface area contributed by atoms with E-state index in [0.29, 0.717) is 18.5 Å². The molecule has 6 heteroatoms. The van der Waals surface area contributed by atoms with Gasteiger partial charge >= 0.3 is 0 Å². The Morgan fingerprint density at radius 1 is 1.53 bits per heavy atom. The first kappa shape index (κ1) is 12.0. The average Bonchev–Trinajstić information content (AvgIpc) is 2.70. The zero-order valence-electron chi connectivity index (χ0n) is 8.80. The zero-order chi connectivity index (χ0) is 12.4. The highest BCUT2D eigenvalue weighted by Gasteiger charge is 2.27. The van der Waals surface area contributed by atoms with Crippen LogP contribution < -0.4 is 10.6 Å². The molecule has 1 aliphatic rings. The van der Waals surface area contributed by atoms with E-state index < -0.39 is 11.9 Å². The van der Waals surface area contributed by atoms with Gasteiger partial charge in [-0.05, 0) is 40.5 Å². The predicted octanol–water partition coefficient (Wildman–Crippen LogP) is 1.81. The van der Waals surface area contributed by atoms with Gasteiger partial charge in [0.05, 0.1) is 4.47 Å². The maximum atomic E-state index is 13.0. The third kappa shape index (κ3) is 2.82. The van der Waals surface area contributed by atoms with Gasteiger partial charge in [-0.1, -0.05) is 0 Å². The van der Waals surface area contributed by atoms with Crippen LogP contribution in [0.4, 0.5) is 10.1 Å². The second-order valence-electron chi connectivity index (χ2n) is 3.78. The quantitative estimate of drug-likeness (QED) is 0.875. The third-order valence-corrected chi connectivity index (χ3v) is 3.11. The van der Waals surface area contributed by atoms with Crippen molar-refractivity contribution < 1.29 is 14.0 Å². The van der Waals surface area contributed by atoms with Crippen LogP contribution in [-0.4, -0.2) is 17.9 Å². The summed E-state index contributed by atoms with van der Waals surface area (Å²) in [5.41, 5.74) is 0.490. The number of benzene rings is 1. The van der Waals surface area contributed by atoms with Gasteiger partial charge in [0, 0.05) is 12.1 Å². The molecule has 0 saturated carbocycles. The van der Waals surface area contributed by atoms with E-state index in [1.807, 2.05) is 0 Å². The van der Waals surface area contributed by atoms with Crippen LogP contribution in [0.15, 0.2) is 22.7 Å². The van der Waals surface area contributed by atoms with Gasteiger partial charge in [-0.3, -0.25) is 9.59 Å². The highest BCUT2D eigenvalue weighted by molar-refractivity contribution is 9.10. The van der Waals surface area contributed by atoms with Crippen LogP contribution in [0.25, 0.3) is 0 Å². The van der Waals surface area contributed by atoms with E-state index in [0.717, 1.165) is 0 Å². The molecule has 4 nitrogen and oxygen atoms in total. The van der Waals surface area contributed by atoms with Crippen LogP contribution in [0.5, 0.6) is 0 Å². The first-order chi connectivity index (χ1) is 8.06. The van der Waals surface area contributed by atoms with Crippen molar-refractivity contribution in [2.75, 3.05) is 5.32 Å². The molecule has 1 saturated heterocycles. The fraction of sp³-hybridized carbons (Fsp3) is 0.273. The van der Waals surface area contributed by atoms with Gasteiger partial charge in [0.1, 0.15) is 11.9 Å². The summed E-state index contributed by atoms with van der Waals surface area (Å²) in [7, 11) is 0. The lowest BCUT2D eigenvalue weighted by atomic mass is 10.2. The van der Waals surface area contributed by atoms with Crippen molar-refractivity contribution in [2.45, 2.75) is 18.9 Å². The Hall–Kier alpha value is -1.43.